The van der Waals surface area contributed by atoms with Crippen LogP contribution in [0.2, 0.25) is 0 Å². The van der Waals surface area contributed by atoms with Crippen molar-refractivity contribution in [2.75, 3.05) is 0 Å². The molecule has 1 aliphatic heterocycles. The number of aromatic hydroxyl groups is 1. The molecule has 1 aliphatic rings. The summed E-state index contributed by atoms with van der Waals surface area (Å²) in [5, 5.41) is 22.7. The third kappa shape index (κ3) is 2.53. The number of carbonyl (C=O) groups is 1. The first-order chi connectivity index (χ1) is 10.6. The molecule has 2 unspecified atom stereocenters. The lowest BCUT2D eigenvalue weighted by molar-refractivity contribution is -0.149. The van der Waals surface area contributed by atoms with Gasteiger partial charge in [0.1, 0.15) is 5.75 Å². The van der Waals surface area contributed by atoms with Crippen molar-refractivity contribution in [2.45, 2.75) is 18.9 Å². The number of nitrogens with zero attached hydrogens (tertiary/aromatic N) is 1. The van der Waals surface area contributed by atoms with Crippen LogP contribution in [-0.2, 0) is 9.63 Å². The second kappa shape index (κ2) is 5.52. The van der Waals surface area contributed by atoms with Gasteiger partial charge in [-0.1, -0.05) is 35.0 Å². The predicted octanol–water partition coefficient (Wildman–Crippen LogP) is 2.67. The van der Waals surface area contributed by atoms with Gasteiger partial charge in [-0.05, 0) is 36.8 Å². The van der Waals surface area contributed by atoms with E-state index in [1.165, 1.54) is 12.1 Å². The third-order valence-electron chi connectivity index (χ3n) is 3.70. The summed E-state index contributed by atoms with van der Waals surface area (Å²) in [5.41, 5.74) is 3.21. The van der Waals surface area contributed by atoms with Crippen molar-refractivity contribution in [1.82, 2.24) is 0 Å². The minimum atomic E-state index is -1.05. The lowest BCUT2D eigenvalue weighted by Gasteiger charge is -2.16. The number of carboxylic acids is 1. The third-order valence-corrected chi connectivity index (χ3v) is 3.70. The molecule has 2 atom stereocenters. The standard InChI is InChI=1S/C17H15NO4/c1-10-2-4-11(5-3-10)14-15(18-22-16(14)17(20)21)12-6-8-13(19)9-7-12/h2-9,14,16,19H,1H3,(H,20,21). The summed E-state index contributed by atoms with van der Waals surface area (Å²) in [6.45, 7) is 1.97. The molecule has 5 nitrogen and oxygen atoms in total. The van der Waals surface area contributed by atoms with Crippen molar-refractivity contribution in [3.63, 3.8) is 0 Å². The van der Waals surface area contributed by atoms with Crippen molar-refractivity contribution in [1.29, 1.82) is 0 Å². The van der Waals surface area contributed by atoms with E-state index in [0.29, 0.717) is 5.71 Å². The van der Waals surface area contributed by atoms with E-state index >= 15 is 0 Å². The van der Waals surface area contributed by atoms with Gasteiger partial charge in [0, 0.05) is 5.56 Å². The molecule has 1 heterocycles. The normalized spacial score (nSPS) is 20.3. The number of benzene rings is 2. The number of phenols is 1. The topological polar surface area (TPSA) is 79.1 Å². The van der Waals surface area contributed by atoms with Crippen LogP contribution in [0.5, 0.6) is 5.75 Å². The highest BCUT2D eigenvalue weighted by Crippen LogP contribution is 2.33. The molecule has 0 aromatic heterocycles. The van der Waals surface area contributed by atoms with Crippen LogP contribution in [0.25, 0.3) is 0 Å². The molecule has 0 saturated carbocycles. The lowest BCUT2D eigenvalue weighted by Crippen LogP contribution is -2.29. The van der Waals surface area contributed by atoms with E-state index < -0.39 is 18.0 Å². The van der Waals surface area contributed by atoms with Crippen LogP contribution < -0.4 is 0 Å². The van der Waals surface area contributed by atoms with Gasteiger partial charge in [-0.3, -0.25) is 0 Å². The Kier molecular flexibility index (Phi) is 3.55. The minimum absolute atomic E-state index is 0.143. The Morgan fingerprint density at radius 1 is 1.09 bits per heavy atom. The molecule has 0 fully saturated rings. The molecule has 0 spiro atoms. The van der Waals surface area contributed by atoms with Crippen LogP contribution in [0, 0.1) is 6.92 Å². The molecule has 0 aliphatic carbocycles. The molecule has 22 heavy (non-hydrogen) atoms. The van der Waals surface area contributed by atoms with Crippen LogP contribution in [0.4, 0.5) is 0 Å². The first-order valence-corrected chi connectivity index (χ1v) is 6.89. The molecule has 2 aromatic rings. The zero-order valence-electron chi connectivity index (χ0n) is 11.9. The summed E-state index contributed by atoms with van der Waals surface area (Å²) in [4.78, 5) is 16.6. The van der Waals surface area contributed by atoms with Gasteiger partial charge in [-0.2, -0.15) is 0 Å². The summed E-state index contributed by atoms with van der Waals surface area (Å²) < 4.78 is 0. The maximum absolute atomic E-state index is 11.4. The smallest absolute Gasteiger partial charge is 0.348 e. The first-order valence-electron chi connectivity index (χ1n) is 6.89. The fourth-order valence-corrected chi connectivity index (χ4v) is 2.53. The highest BCUT2D eigenvalue weighted by Gasteiger charge is 2.41. The van der Waals surface area contributed by atoms with Gasteiger partial charge in [0.2, 0.25) is 6.10 Å². The SMILES string of the molecule is Cc1ccc(C2C(c3ccc(O)cc3)=NOC2C(=O)O)cc1. The van der Waals surface area contributed by atoms with Crippen molar-refractivity contribution in [3.8, 4) is 5.75 Å². The van der Waals surface area contributed by atoms with Crippen molar-refractivity contribution < 1.29 is 19.8 Å². The number of rotatable bonds is 3. The van der Waals surface area contributed by atoms with E-state index in [0.717, 1.165) is 16.7 Å². The molecular formula is C17H15NO4. The number of oxime groups is 1. The molecule has 0 amide bonds. The summed E-state index contributed by atoms with van der Waals surface area (Å²) in [7, 11) is 0. The van der Waals surface area contributed by atoms with Crippen LogP contribution in [0.1, 0.15) is 22.6 Å². The van der Waals surface area contributed by atoms with E-state index in [-0.39, 0.29) is 5.75 Å². The summed E-state index contributed by atoms with van der Waals surface area (Å²) in [5.74, 6) is -1.39. The van der Waals surface area contributed by atoms with Gasteiger partial charge in [-0.15, -0.1) is 0 Å². The monoisotopic (exact) mass is 297 g/mol. The minimum Gasteiger partial charge on any atom is -0.508 e. The van der Waals surface area contributed by atoms with Crippen LogP contribution in [0.15, 0.2) is 53.7 Å². The number of hydrogen-bond donors (Lipinski definition) is 2. The second-order valence-electron chi connectivity index (χ2n) is 5.28. The zero-order chi connectivity index (χ0) is 15.7. The Morgan fingerprint density at radius 2 is 1.73 bits per heavy atom. The molecule has 112 valence electrons. The van der Waals surface area contributed by atoms with Crippen LogP contribution in [0.3, 0.4) is 0 Å². The largest absolute Gasteiger partial charge is 0.508 e. The van der Waals surface area contributed by atoms with E-state index in [2.05, 4.69) is 5.16 Å². The summed E-state index contributed by atoms with van der Waals surface area (Å²) in [6.07, 6.45) is -1.05. The van der Waals surface area contributed by atoms with Crippen LogP contribution in [-0.4, -0.2) is 28.0 Å². The molecule has 2 aromatic carbocycles. The molecule has 5 heteroatoms. The average molecular weight is 297 g/mol. The van der Waals surface area contributed by atoms with Gasteiger partial charge in [-0.25, -0.2) is 4.79 Å². The average Bonchev–Trinajstić information content (AvgIpc) is 2.94. The van der Waals surface area contributed by atoms with E-state index in [1.807, 2.05) is 31.2 Å². The summed E-state index contributed by atoms with van der Waals surface area (Å²) in [6, 6.07) is 14.1. The quantitative estimate of drug-likeness (QED) is 0.913. The van der Waals surface area contributed by atoms with Crippen molar-refractivity contribution >= 4 is 11.7 Å². The van der Waals surface area contributed by atoms with Gasteiger partial charge in [0.15, 0.2) is 0 Å². The Bertz CT molecular complexity index is 719. The molecule has 0 saturated heterocycles. The highest BCUT2D eigenvalue weighted by atomic mass is 16.7. The van der Waals surface area contributed by atoms with Gasteiger partial charge < -0.3 is 15.1 Å². The van der Waals surface area contributed by atoms with Gasteiger partial charge in [0.05, 0.1) is 11.6 Å². The molecule has 0 radical (unpaired) electrons. The number of carboxylic acid groups (broad SMARTS) is 1. The maximum Gasteiger partial charge on any atom is 0.348 e. The van der Waals surface area contributed by atoms with E-state index in [9.17, 15) is 15.0 Å². The highest BCUT2D eigenvalue weighted by molar-refractivity contribution is 6.08. The van der Waals surface area contributed by atoms with E-state index in [1.54, 1.807) is 12.1 Å². The number of aliphatic carboxylic acids is 1. The lowest BCUT2D eigenvalue weighted by atomic mass is 9.86. The Morgan fingerprint density at radius 3 is 2.32 bits per heavy atom. The van der Waals surface area contributed by atoms with Gasteiger partial charge >= 0.3 is 5.97 Å². The summed E-state index contributed by atoms with van der Waals surface area (Å²) >= 11 is 0. The first kappa shape index (κ1) is 14.1. The number of aryl methyl sites for hydroxylation is 1. The van der Waals surface area contributed by atoms with E-state index in [4.69, 9.17) is 4.84 Å². The van der Waals surface area contributed by atoms with Crippen molar-refractivity contribution in [3.05, 3.63) is 65.2 Å². The maximum atomic E-state index is 11.4. The number of hydrogen-bond acceptors (Lipinski definition) is 4. The molecular weight excluding hydrogens is 282 g/mol. The second-order valence-corrected chi connectivity index (χ2v) is 5.28. The Balaban J connectivity index is 2.03. The predicted molar refractivity (Wildman–Crippen MR) is 81.1 cm³/mol. The fraction of sp³-hybridized carbons (Fsp3) is 0.176. The fourth-order valence-electron chi connectivity index (χ4n) is 2.53. The molecule has 2 N–H and O–H groups in total. The Labute approximate surface area is 127 Å². The molecule has 3 rings (SSSR count). The van der Waals surface area contributed by atoms with Gasteiger partial charge in [0.25, 0.3) is 0 Å². The zero-order valence-corrected chi connectivity index (χ0v) is 11.9. The Hall–Kier alpha value is -2.82. The van der Waals surface area contributed by atoms with Crippen LogP contribution >= 0.6 is 0 Å². The molecule has 0 bridgehead atoms. The number of phenolic OH excluding ortho intramolecular Hbond substituents is 1. The van der Waals surface area contributed by atoms with Crippen molar-refractivity contribution in [2.24, 2.45) is 5.16 Å².